The van der Waals surface area contributed by atoms with E-state index in [1.807, 2.05) is 30.7 Å². The maximum absolute atomic E-state index is 12.4. The predicted molar refractivity (Wildman–Crippen MR) is 103 cm³/mol. The molecule has 0 bridgehead atoms. The lowest BCUT2D eigenvalue weighted by Crippen LogP contribution is -2.26. The Kier molecular flexibility index (Phi) is 4.18. The maximum atomic E-state index is 12.4. The van der Waals surface area contributed by atoms with E-state index in [1.165, 1.54) is 5.56 Å². The van der Waals surface area contributed by atoms with Crippen molar-refractivity contribution in [3.8, 4) is 5.75 Å². The molecule has 0 unspecified atom stereocenters. The first-order chi connectivity index (χ1) is 12.9. The van der Waals surface area contributed by atoms with Crippen molar-refractivity contribution in [2.24, 2.45) is 0 Å². The van der Waals surface area contributed by atoms with Gasteiger partial charge < -0.3 is 10.4 Å². The van der Waals surface area contributed by atoms with Crippen molar-refractivity contribution in [1.82, 2.24) is 14.8 Å². The zero-order chi connectivity index (χ0) is 19.1. The highest BCUT2D eigenvalue weighted by Gasteiger charge is 2.34. The van der Waals surface area contributed by atoms with Crippen LogP contribution in [0.3, 0.4) is 0 Å². The molecule has 27 heavy (non-hydrogen) atoms. The van der Waals surface area contributed by atoms with Crippen LogP contribution in [0.5, 0.6) is 5.75 Å². The SMILES string of the molecule is Cc1cccc(Cn2nc(C)c3c2NC(=O)C[C@@H]3c2nc(C)ccc2O)c1. The summed E-state index contributed by atoms with van der Waals surface area (Å²) in [5.41, 5.74) is 5.40. The molecule has 2 aromatic heterocycles. The summed E-state index contributed by atoms with van der Waals surface area (Å²) in [6.45, 7) is 6.43. The first-order valence-electron chi connectivity index (χ1n) is 9.01. The number of nitrogens with zero attached hydrogens (tertiary/aromatic N) is 3. The summed E-state index contributed by atoms with van der Waals surface area (Å²) in [7, 11) is 0. The highest BCUT2D eigenvalue weighted by molar-refractivity contribution is 5.94. The Hall–Kier alpha value is -3.15. The fourth-order valence-corrected chi connectivity index (χ4v) is 3.77. The van der Waals surface area contributed by atoms with Crippen molar-refractivity contribution in [2.75, 3.05) is 5.32 Å². The largest absolute Gasteiger partial charge is 0.506 e. The van der Waals surface area contributed by atoms with Gasteiger partial charge in [-0.05, 0) is 38.5 Å². The summed E-state index contributed by atoms with van der Waals surface area (Å²) in [5, 5.41) is 18.0. The van der Waals surface area contributed by atoms with Crippen LogP contribution in [0.15, 0.2) is 36.4 Å². The number of nitrogens with one attached hydrogen (secondary N) is 1. The highest BCUT2D eigenvalue weighted by Crippen LogP contribution is 2.41. The number of aromatic nitrogens is 3. The Labute approximate surface area is 157 Å². The van der Waals surface area contributed by atoms with E-state index < -0.39 is 0 Å². The van der Waals surface area contributed by atoms with Crippen LogP contribution in [0.25, 0.3) is 0 Å². The quantitative estimate of drug-likeness (QED) is 0.748. The number of benzene rings is 1. The van der Waals surface area contributed by atoms with E-state index in [4.69, 9.17) is 0 Å². The molecule has 6 heteroatoms. The average molecular weight is 362 g/mol. The van der Waals surface area contributed by atoms with E-state index in [0.29, 0.717) is 18.1 Å². The lowest BCUT2D eigenvalue weighted by atomic mass is 9.88. The molecule has 1 atom stereocenters. The normalized spacial score (nSPS) is 16.1. The molecule has 1 amide bonds. The Morgan fingerprint density at radius 2 is 2.04 bits per heavy atom. The lowest BCUT2D eigenvalue weighted by molar-refractivity contribution is -0.116. The fourth-order valence-electron chi connectivity index (χ4n) is 3.77. The smallest absolute Gasteiger partial charge is 0.226 e. The molecule has 0 spiro atoms. The number of pyridine rings is 1. The minimum Gasteiger partial charge on any atom is -0.506 e. The summed E-state index contributed by atoms with van der Waals surface area (Å²) >= 11 is 0. The Morgan fingerprint density at radius 3 is 2.81 bits per heavy atom. The van der Waals surface area contributed by atoms with Crippen LogP contribution >= 0.6 is 0 Å². The molecular weight excluding hydrogens is 340 g/mol. The van der Waals surface area contributed by atoms with Crippen molar-refractivity contribution < 1.29 is 9.90 Å². The molecule has 0 radical (unpaired) electrons. The first kappa shape index (κ1) is 17.3. The molecule has 3 aromatic rings. The van der Waals surface area contributed by atoms with Crippen LogP contribution in [-0.4, -0.2) is 25.8 Å². The van der Waals surface area contributed by atoms with Crippen LogP contribution in [0.2, 0.25) is 0 Å². The van der Waals surface area contributed by atoms with Crippen molar-refractivity contribution in [3.63, 3.8) is 0 Å². The number of aryl methyl sites for hydroxylation is 3. The van der Waals surface area contributed by atoms with E-state index in [2.05, 4.69) is 34.5 Å². The van der Waals surface area contributed by atoms with Crippen molar-refractivity contribution in [2.45, 2.75) is 39.7 Å². The second-order valence-corrected chi connectivity index (χ2v) is 7.16. The van der Waals surface area contributed by atoms with Crippen LogP contribution in [0.1, 0.15) is 46.1 Å². The van der Waals surface area contributed by atoms with Gasteiger partial charge >= 0.3 is 0 Å². The van der Waals surface area contributed by atoms with Gasteiger partial charge in [0.05, 0.1) is 17.9 Å². The van der Waals surface area contributed by atoms with Gasteiger partial charge in [-0.1, -0.05) is 29.8 Å². The number of rotatable bonds is 3. The molecule has 0 aliphatic carbocycles. The standard InChI is InChI=1S/C21H22N4O2/c1-12-5-4-6-15(9-12)11-25-21-19(14(3)24-25)16(10-18(27)23-21)20-17(26)8-7-13(2)22-20/h4-9,16,26H,10-11H2,1-3H3,(H,23,27)/t16-/m0/s1. The zero-order valence-electron chi connectivity index (χ0n) is 15.7. The van der Waals surface area contributed by atoms with Crippen molar-refractivity contribution in [3.05, 3.63) is 70.2 Å². The minimum atomic E-state index is -0.306. The number of anilines is 1. The van der Waals surface area contributed by atoms with Gasteiger partial charge in [-0.2, -0.15) is 5.10 Å². The van der Waals surface area contributed by atoms with Crippen LogP contribution in [0.4, 0.5) is 5.82 Å². The Balaban J connectivity index is 1.80. The number of hydrogen-bond acceptors (Lipinski definition) is 4. The van der Waals surface area contributed by atoms with Gasteiger partial charge in [-0.3, -0.25) is 9.78 Å². The molecule has 3 heterocycles. The van der Waals surface area contributed by atoms with Crippen molar-refractivity contribution in [1.29, 1.82) is 0 Å². The highest BCUT2D eigenvalue weighted by atomic mass is 16.3. The van der Waals surface area contributed by atoms with E-state index in [9.17, 15) is 9.90 Å². The molecule has 6 nitrogen and oxygen atoms in total. The van der Waals surface area contributed by atoms with Gasteiger partial charge in [0, 0.05) is 23.6 Å². The summed E-state index contributed by atoms with van der Waals surface area (Å²) in [6, 6.07) is 11.6. The topological polar surface area (TPSA) is 80.0 Å². The van der Waals surface area contributed by atoms with Gasteiger partial charge in [0.2, 0.25) is 5.91 Å². The zero-order valence-corrected chi connectivity index (χ0v) is 15.7. The number of carbonyl (C=O) groups excluding carboxylic acids is 1. The lowest BCUT2D eigenvalue weighted by Gasteiger charge is -2.24. The van der Waals surface area contributed by atoms with Crippen molar-refractivity contribution >= 4 is 11.7 Å². The summed E-state index contributed by atoms with van der Waals surface area (Å²) < 4.78 is 1.83. The van der Waals surface area contributed by atoms with Gasteiger partial charge in [0.1, 0.15) is 11.6 Å². The molecular formula is C21H22N4O2. The number of carbonyl (C=O) groups is 1. The summed E-state index contributed by atoms with van der Waals surface area (Å²) in [6.07, 6.45) is 0.244. The first-order valence-corrected chi connectivity index (χ1v) is 9.01. The Bertz CT molecular complexity index is 1040. The summed E-state index contributed by atoms with van der Waals surface area (Å²) in [4.78, 5) is 16.9. The fraction of sp³-hybridized carbons (Fsp3) is 0.286. The van der Waals surface area contributed by atoms with Gasteiger partial charge in [0.15, 0.2) is 0 Å². The van der Waals surface area contributed by atoms with Crippen LogP contribution in [-0.2, 0) is 11.3 Å². The molecule has 1 aromatic carbocycles. The third-order valence-electron chi connectivity index (χ3n) is 4.96. The molecule has 0 saturated heterocycles. The second-order valence-electron chi connectivity index (χ2n) is 7.16. The van der Waals surface area contributed by atoms with Gasteiger partial charge in [-0.25, -0.2) is 4.68 Å². The number of fused-ring (bicyclic) bond motifs is 1. The van der Waals surface area contributed by atoms with Crippen LogP contribution in [0, 0.1) is 20.8 Å². The average Bonchev–Trinajstić information content (AvgIpc) is 2.92. The molecule has 1 aliphatic heterocycles. The summed E-state index contributed by atoms with van der Waals surface area (Å²) in [5.74, 6) is 0.399. The minimum absolute atomic E-state index is 0.0967. The van der Waals surface area contributed by atoms with Gasteiger partial charge in [-0.15, -0.1) is 0 Å². The molecule has 2 N–H and O–H groups in total. The number of amides is 1. The second kappa shape index (κ2) is 6.54. The predicted octanol–water partition coefficient (Wildman–Crippen LogP) is 3.43. The molecule has 0 saturated carbocycles. The van der Waals surface area contributed by atoms with Gasteiger partial charge in [0.25, 0.3) is 0 Å². The third kappa shape index (κ3) is 3.18. The third-order valence-corrected chi connectivity index (χ3v) is 4.96. The maximum Gasteiger partial charge on any atom is 0.226 e. The Morgan fingerprint density at radius 1 is 1.22 bits per heavy atom. The number of aromatic hydroxyl groups is 1. The monoisotopic (exact) mass is 362 g/mol. The van der Waals surface area contributed by atoms with E-state index in [-0.39, 0.29) is 24.0 Å². The molecule has 138 valence electrons. The molecule has 0 fully saturated rings. The molecule has 1 aliphatic rings. The van der Waals surface area contributed by atoms with E-state index in [0.717, 1.165) is 22.5 Å². The van der Waals surface area contributed by atoms with Crippen LogP contribution < -0.4 is 5.32 Å². The van der Waals surface area contributed by atoms with E-state index >= 15 is 0 Å². The molecule has 4 rings (SSSR count). The number of hydrogen-bond donors (Lipinski definition) is 2. The van der Waals surface area contributed by atoms with E-state index in [1.54, 1.807) is 12.1 Å².